The summed E-state index contributed by atoms with van der Waals surface area (Å²) in [5.74, 6) is 1.63. The molecule has 21 heavy (non-hydrogen) atoms. The summed E-state index contributed by atoms with van der Waals surface area (Å²) in [6, 6.07) is 8.49. The number of thiophene rings is 2. The summed E-state index contributed by atoms with van der Waals surface area (Å²) in [5, 5.41) is 2.13. The smallest absolute Gasteiger partial charge is 0.162 e. The second-order valence-corrected chi connectivity index (χ2v) is 8.51. The summed E-state index contributed by atoms with van der Waals surface area (Å²) < 4.78 is 15.0. The van der Waals surface area contributed by atoms with Gasteiger partial charge in [0.05, 0.1) is 4.83 Å². The largest absolute Gasteiger partial charge is 0.486 e. The van der Waals surface area contributed by atoms with Gasteiger partial charge in [0, 0.05) is 18.7 Å². The van der Waals surface area contributed by atoms with Gasteiger partial charge in [-0.2, -0.15) is 0 Å². The molecule has 1 aliphatic rings. The van der Waals surface area contributed by atoms with E-state index in [0.717, 1.165) is 21.5 Å². The number of alkyl halides is 1. The summed E-state index contributed by atoms with van der Waals surface area (Å²) in [6.45, 7) is 1.22. The van der Waals surface area contributed by atoms with Crippen LogP contribution in [-0.4, -0.2) is 13.2 Å². The van der Waals surface area contributed by atoms with Gasteiger partial charge in [0.25, 0.3) is 0 Å². The molecule has 0 amide bonds. The summed E-state index contributed by atoms with van der Waals surface area (Å²) >= 11 is 11.1. The lowest BCUT2D eigenvalue weighted by Gasteiger charge is -2.21. The van der Waals surface area contributed by atoms with Crippen LogP contribution >= 0.6 is 54.5 Å². The molecule has 0 saturated heterocycles. The fourth-order valence-electron chi connectivity index (χ4n) is 2.34. The third-order valence-corrected chi connectivity index (χ3v) is 7.48. The highest BCUT2D eigenvalue weighted by molar-refractivity contribution is 9.11. The van der Waals surface area contributed by atoms with Crippen molar-refractivity contribution in [3.63, 3.8) is 0 Å². The average Bonchev–Trinajstić information content (AvgIpc) is 3.07. The third kappa shape index (κ3) is 2.52. The van der Waals surface area contributed by atoms with E-state index < -0.39 is 0 Å². The van der Waals surface area contributed by atoms with Gasteiger partial charge in [-0.1, -0.05) is 31.9 Å². The molecule has 108 valence electrons. The SMILES string of the molecule is Brc1cc2c(cc1C(Br)c1cc3sccc3s1)OCCO2. The zero-order valence-corrected chi connectivity index (χ0v) is 15.6. The predicted molar refractivity (Wildman–Crippen MR) is 95.6 cm³/mol. The zero-order valence-electron chi connectivity index (χ0n) is 10.8. The Hall–Kier alpha value is -0.560. The molecule has 2 nitrogen and oxygen atoms in total. The van der Waals surface area contributed by atoms with Crippen molar-refractivity contribution in [2.24, 2.45) is 0 Å². The van der Waals surface area contributed by atoms with E-state index in [0.29, 0.717) is 13.2 Å². The van der Waals surface area contributed by atoms with Gasteiger partial charge in [-0.3, -0.25) is 0 Å². The summed E-state index contributed by atoms with van der Waals surface area (Å²) in [7, 11) is 0. The molecule has 0 fully saturated rings. The van der Waals surface area contributed by atoms with Crippen molar-refractivity contribution in [1.29, 1.82) is 0 Å². The Morgan fingerprint density at radius 1 is 1.05 bits per heavy atom. The van der Waals surface area contributed by atoms with Crippen LogP contribution in [0.1, 0.15) is 15.3 Å². The van der Waals surface area contributed by atoms with Crippen molar-refractivity contribution < 1.29 is 9.47 Å². The highest BCUT2D eigenvalue weighted by Crippen LogP contribution is 2.45. The highest BCUT2D eigenvalue weighted by atomic mass is 79.9. The fourth-order valence-corrected chi connectivity index (χ4v) is 6.10. The van der Waals surface area contributed by atoms with Crippen LogP contribution in [-0.2, 0) is 0 Å². The first-order valence-corrected chi connectivity index (χ1v) is 9.83. The Morgan fingerprint density at radius 3 is 2.57 bits per heavy atom. The van der Waals surface area contributed by atoms with E-state index in [4.69, 9.17) is 9.47 Å². The van der Waals surface area contributed by atoms with Crippen molar-refractivity contribution in [2.75, 3.05) is 13.2 Å². The molecule has 6 heteroatoms. The van der Waals surface area contributed by atoms with E-state index in [1.807, 2.05) is 17.4 Å². The molecule has 0 saturated carbocycles. The molecular formula is C15H10Br2O2S2. The van der Waals surface area contributed by atoms with Gasteiger partial charge in [0.15, 0.2) is 11.5 Å². The minimum Gasteiger partial charge on any atom is -0.486 e. The van der Waals surface area contributed by atoms with Crippen LogP contribution in [0.15, 0.2) is 34.1 Å². The molecule has 1 atom stereocenters. The van der Waals surface area contributed by atoms with Crippen LogP contribution in [0.5, 0.6) is 11.5 Å². The molecule has 2 aromatic heterocycles. The Labute approximate surface area is 147 Å². The first kappa shape index (κ1) is 14.1. The molecular weight excluding hydrogens is 436 g/mol. The first-order valence-electron chi connectivity index (χ1n) is 6.42. The number of benzene rings is 1. The topological polar surface area (TPSA) is 18.5 Å². The predicted octanol–water partition coefficient (Wildman–Crippen LogP) is 5.98. The van der Waals surface area contributed by atoms with Crippen LogP contribution in [0.2, 0.25) is 0 Å². The number of halogens is 2. The standard InChI is InChI=1S/C15H10Br2O2S2/c16-9-6-11-10(18-2-3-19-11)5-8(9)15(17)14-7-13-12(21-14)1-4-20-13/h1,4-7,15H,2-3H2. The average molecular weight is 446 g/mol. The minimum atomic E-state index is 0.146. The van der Waals surface area contributed by atoms with Gasteiger partial charge < -0.3 is 9.47 Å². The lowest BCUT2D eigenvalue weighted by molar-refractivity contribution is 0.171. The number of hydrogen-bond acceptors (Lipinski definition) is 4. The van der Waals surface area contributed by atoms with E-state index >= 15 is 0 Å². The van der Waals surface area contributed by atoms with Crippen LogP contribution in [0, 0.1) is 0 Å². The second kappa shape index (κ2) is 5.57. The van der Waals surface area contributed by atoms with E-state index in [9.17, 15) is 0 Å². The van der Waals surface area contributed by atoms with E-state index in [1.165, 1.54) is 14.3 Å². The van der Waals surface area contributed by atoms with E-state index in [-0.39, 0.29) is 4.83 Å². The van der Waals surface area contributed by atoms with Gasteiger partial charge in [0.2, 0.25) is 0 Å². The van der Waals surface area contributed by atoms with Gasteiger partial charge >= 0.3 is 0 Å². The van der Waals surface area contributed by atoms with Crippen LogP contribution in [0.25, 0.3) is 9.40 Å². The van der Waals surface area contributed by atoms with Gasteiger partial charge in [-0.25, -0.2) is 0 Å². The molecule has 0 aliphatic carbocycles. The molecule has 3 heterocycles. The maximum atomic E-state index is 5.69. The molecule has 1 aliphatic heterocycles. The maximum absolute atomic E-state index is 5.69. The molecule has 4 rings (SSSR count). The maximum Gasteiger partial charge on any atom is 0.162 e. The zero-order chi connectivity index (χ0) is 14.4. The molecule has 3 aromatic rings. The van der Waals surface area contributed by atoms with Crippen molar-refractivity contribution in [2.45, 2.75) is 4.83 Å². The molecule has 0 bridgehead atoms. The third-order valence-electron chi connectivity index (χ3n) is 3.34. The van der Waals surface area contributed by atoms with Gasteiger partial charge in [-0.15, -0.1) is 22.7 Å². The Balaban J connectivity index is 1.76. The van der Waals surface area contributed by atoms with Crippen molar-refractivity contribution >= 4 is 63.9 Å². The Bertz CT molecular complexity index is 781. The monoisotopic (exact) mass is 444 g/mol. The number of hydrogen-bond donors (Lipinski definition) is 0. The summed E-state index contributed by atoms with van der Waals surface area (Å²) in [6.07, 6.45) is 0. The molecule has 1 aromatic carbocycles. The summed E-state index contributed by atoms with van der Waals surface area (Å²) in [5.41, 5.74) is 1.16. The van der Waals surface area contributed by atoms with Crippen LogP contribution < -0.4 is 9.47 Å². The van der Waals surface area contributed by atoms with Crippen molar-refractivity contribution in [3.8, 4) is 11.5 Å². The molecule has 0 N–H and O–H groups in total. The van der Waals surface area contributed by atoms with Crippen LogP contribution in [0.4, 0.5) is 0 Å². The Kier molecular flexibility index (Phi) is 3.73. The van der Waals surface area contributed by atoms with Crippen LogP contribution in [0.3, 0.4) is 0 Å². The lowest BCUT2D eigenvalue weighted by atomic mass is 10.1. The molecule has 0 radical (unpaired) electrons. The first-order chi connectivity index (χ1) is 10.2. The van der Waals surface area contributed by atoms with E-state index in [1.54, 1.807) is 11.3 Å². The Morgan fingerprint density at radius 2 is 1.81 bits per heavy atom. The highest BCUT2D eigenvalue weighted by Gasteiger charge is 2.21. The lowest BCUT2D eigenvalue weighted by Crippen LogP contribution is -2.15. The molecule has 1 unspecified atom stereocenters. The fraction of sp³-hybridized carbons (Fsp3) is 0.200. The molecule has 0 spiro atoms. The van der Waals surface area contributed by atoms with Gasteiger partial charge in [-0.05, 0) is 35.2 Å². The normalized spacial score (nSPS) is 15.3. The van der Waals surface area contributed by atoms with Crippen molar-refractivity contribution in [1.82, 2.24) is 0 Å². The summed E-state index contributed by atoms with van der Waals surface area (Å²) in [4.78, 5) is 1.45. The van der Waals surface area contributed by atoms with E-state index in [2.05, 4.69) is 55.4 Å². The van der Waals surface area contributed by atoms with Crippen molar-refractivity contribution in [3.05, 3.63) is 44.6 Å². The second-order valence-electron chi connectivity index (χ2n) is 4.68. The number of rotatable bonds is 2. The van der Waals surface area contributed by atoms with Gasteiger partial charge in [0.1, 0.15) is 13.2 Å². The number of ether oxygens (including phenoxy) is 2. The quantitative estimate of drug-likeness (QED) is 0.451. The number of fused-ring (bicyclic) bond motifs is 2. The minimum absolute atomic E-state index is 0.146.